The molecule has 3 atom stereocenters. The minimum absolute atomic E-state index is 0.0455. The fourth-order valence-corrected chi connectivity index (χ4v) is 5.01. The van der Waals surface area contributed by atoms with Crippen LogP contribution in [0.1, 0.15) is 31.6 Å². The van der Waals surface area contributed by atoms with Gasteiger partial charge in [0.25, 0.3) is 0 Å². The second-order valence-electron chi connectivity index (χ2n) is 7.58. The molecule has 0 aliphatic rings. The molecule has 0 radical (unpaired) electrons. The maximum atomic E-state index is 14.4. The highest BCUT2D eigenvalue weighted by molar-refractivity contribution is 7.55. The Kier molecular flexibility index (Phi) is 8.09. The molecule has 7 heteroatoms. The lowest BCUT2D eigenvalue weighted by atomic mass is 9.99. The topological polar surface area (TPSA) is 90.7 Å². The first-order valence-corrected chi connectivity index (χ1v) is 12.2. The summed E-state index contributed by atoms with van der Waals surface area (Å²) in [6.45, 7) is 3.87. The quantitative estimate of drug-likeness (QED) is 0.395. The number of benzene rings is 3. The molecule has 0 aliphatic carbocycles. The summed E-state index contributed by atoms with van der Waals surface area (Å²) in [5, 5.41) is 2.85. The summed E-state index contributed by atoms with van der Waals surface area (Å²) in [6, 6.07) is 25.8. The predicted octanol–water partition coefficient (Wildman–Crippen LogP) is 5.53. The van der Waals surface area contributed by atoms with Crippen LogP contribution in [0.3, 0.4) is 0 Å². The minimum atomic E-state index is -4.01. The first-order valence-electron chi connectivity index (χ1n) is 10.6. The molecule has 6 nitrogen and oxygen atoms in total. The van der Waals surface area contributed by atoms with E-state index in [9.17, 15) is 9.36 Å². The predicted molar refractivity (Wildman–Crippen MR) is 127 cm³/mol. The average Bonchev–Trinajstić information content (AvgIpc) is 2.83. The molecule has 1 amide bonds. The van der Waals surface area contributed by atoms with Crippen molar-refractivity contribution in [1.82, 2.24) is 5.32 Å². The van der Waals surface area contributed by atoms with Gasteiger partial charge < -0.3 is 20.1 Å². The second kappa shape index (κ2) is 11.0. The van der Waals surface area contributed by atoms with Gasteiger partial charge in [-0.3, -0.25) is 4.79 Å². The van der Waals surface area contributed by atoms with E-state index in [1.165, 1.54) is 0 Å². The zero-order chi connectivity index (χ0) is 23.0. The molecule has 0 aromatic heterocycles. The molecule has 3 rings (SSSR count). The molecule has 0 saturated heterocycles. The number of rotatable bonds is 10. The Labute approximate surface area is 189 Å². The van der Waals surface area contributed by atoms with Crippen molar-refractivity contribution in [2.24, 2.45) is 11.7 Å². The van der Waals surface area contributed by atoms with Gasteiger partial charge in [-0.25, -0.2) is 4.57 Å². The third kappa shape index (κ3) is 6.00. The van der Waals surface area contributed by atoms with E-state index in [1.807, 2.05) is 32.0 Å². The zero-order valence-corrected chi connectivity index (χ0v) is 19.2. The van der Waals surface area contributed by atoms with E-state index in [4.69, 9.17) is 14.8 Å². The van der Waals surface area contributed by atoms with Crippen LogP contribution in [-0.4, -0.2) is 11.9 Å². The lowest BCUT2D eigenvalue weighted by Gasteiger charge is -2.30. The summed E-state index contributed by atoms with van der Waals surface area (Å²) < 4.78 is 26.3. The van der Waals surface area contributed by atoms with Gasteiger partial charge in [-0.1, -0.05) is 87.0 Å². The van der Waals surface area contributed by atoms with E-state index in [-0.39, 0.29) is 5.92 Å². The zero-order valence-electron chi connectivity index (χ0n) is 18.3. The van der Waals surface area contributed by atoms with Crippen LogP contribution in [0.2, 0.25) is 0 Å². The number of nitrogens with two attached hydrogens (primary N) is 1. The van der Waals surface area contributed by atoms with Crippen molar-refractivity contribution >= 4 is 13.5 Å². The van der Waals surface area contributed by atoms with E-state index >= 15 is 0 Å². The Morgan fingerprint density at radius 2 is 1.31 bits per heavy atom. The van der Waals surface area contributed by atoms with Crippen molar-refractivity contribution in [3.63, 3.8) is 0 Å². The van der Waals surface area contributed by atoms with E-state index < -0.39 is 25.3 Å². The summed E-state index contributed by atoms with van der Waals surface area (Å²) in [5.41, 5.74) is 6.75. The van der Waals surface area contributed by atoms with Crippen LogP contribution in [-0.2, 0) is 9.36 Å². The first-order chi connectivity index (χ1) is 15.4. The Hall–Kier alpha value is -3.08. The highest BCUT2D eigenvalue weighted by Gasteiger charge is 2.42. The molecule has 0 saturated carbocycles. The largest absolute Gasteiger partial charge is 0.457 e. The molecule has 3 N–H and O–H groups in total. The number of hydrogen-bond donors (Lipinski definition) is 2. The van der Waals surface area contributed by atoms with E-state index in [2.05, 4.69) is 5.32 Å². The van der Waals surface area contributed by atoms with Gasteiger partial charge in [0, 0.05) is 0 Å². The molecule has 0 aliphatic heterocycles. The van der Waals surface area contributed by atoms with Crippen LogP contribution in [0.15, 0.2) is 91.0 Å². The summed E-state index contributed by atoms with van der Waals surface area (Å²) in [5.74, 6) is -0.786. The Morgan fingerprint density at radius 3 is 1.75 bits per heavy atom. The number of nitrogens with one attached hydrogen (secondary N) is 1. The van der Waals surface area contributed by atoms with Gasteiger partial charge in [0.15, 0.2) is 5.78 Å². The van der Waals surface area contributed by atoms with E-state index in [0.29, 0.717) is 17.1 Å². The van der Waals surface area contributed by atoms with Crippen molar-refractivity contribution in [1.29, 1.82) is 0 Å². The monoisotopic (exact) mass is 452 g/mol. The van der Waals surface area contributed by atoms with Crippen molar-refractivity contribution in [3.05, 3.63) is 96.6 Å². The molecule has 0 spiro atoms. The fraction of sp³-hybridized carbons (Fsp3) is 0.240. The molecule has 32 heavy (non-hydrogen) atoms. The molecule has 0 fully saturated rings. The van der Waals surface area contributed by atoms with Gasteiger partial charge in [-0.15, -0.1) is 0 Å². The molecule has 2 unspecified atom stereocenters. The van der Waals surface area contributed by atoms with Crippen molar-refractivity contribution in [2.75, 3.05) is 0 Å². The number of para-hydroxylation sites is 2. The number of hydrogen-bond acceptors (Lipinski definition) is 5. The van der Waals surface area contributed by atoms with Crippen molar-refractivity contribution in [2.45, 2.75) is 32.1 Å². The number of amides is 1. The standard InChI is InChI=1S/C25H29N2O4P/c1-3-19(2)23(26)24(28)27-25(20-13-7-4-8-14-20)32(29,30-21-15-9-5-10-16-21)31-22-17-11-6-12-18-22/h4-19,23,25H,3,26H2,1-2H3,(H,27,28)/t19?,23-,25?/m0/s1. The van der Waals surface area contributed by atoms with Gasteiger partial charge in [0.1, 0.15) is 11.5 Å². The van der Waals surface area contributed by atoms with Crippen LogP contribution in [0.5, 0.6) is 11.5 Å². The highest BCUT2D eigenvalue weighted by atomic mass is 31.2. The lowest BCUT2D eigenvalue weighted by Crippen LogP contribution is -2.46. The molecule has 3 aromatic carbocycles. The Morgan fingerprint density at radius 1 is 0.875 bits per heavy atom. The average molecular weight is 452 g/mol. The van der Waals surface area contributed by atoms with Gasteiger partial charge in [0.05, 0.1) is 6.04 Å². The highest BCUT2D eigenvalue weighted by Crippen LogP contribution is 2.58. The second-order valence-corrected chi connectivity index (χ2v) is 9.54. The molecule has 3 aromatic rings. The minimum Gasteiger partial charge on any atom is -0.414 e. The molecule has 168 valence electrons. The summed E-state index contributed by atoms with van der Waals surface area (Å²) in [6.07, 6.45) is 0.739. The summed E-state index contributed by atoms with van der Waals surface area (Å²) in [7, 11) is -4.01. The van der Waals surface area contributed by atoms with Crippen molar-refractivity contribution in [3.8, 4) is 11.5 Å². The van der Waals surface area contributed by atoms with Crippen LogP contribution >= 0.6 is 7.60 Å². The molecule has 0 heterocycles. The first kappa shape index (κ1) is 23.6. The third-order valence-electron chi connectivity index (χ3n) is 5.22. The van der Waals surface area contributed by atoms with Gasteiger partial charge in [0.2, 0.25) is 5.91 Å². The van der Waals surface area contributed by atoms with Crippen LogP contribution in [0.4, 0.5) is 0 Å². The maximum absolute atomic E-state index is 14.4. The Balaban J connectivity index is 2.03. The van der Waals surface area contributed by atoms with Gasteiger partial charge in [-0.2, -0.15) is 0 Å². The molecular formula is C25H29N2O4P. The fourth-order valence-electron chi connectivity index (χ4n) is 3.10. The SMILES string of the molecule is CCC(C)[C@H](N)C(=O)NC(c1ccccc1)P(=O)(Oc1ccccc1)Oc1ccccc1. The van der Waals surface area contributed by atoms with E-state index in [1.54, 1.807) is 72.8 Å². The van der Waals surface area contributed by atoms with Crippen LogP contribution in [0, 0.1) is 5.92 Å². The Bertz CT molecular complexity index is 986. The molecule has 0 bridgehead atoms. The van der Waals surface area contributed by atoms with Gasteiger partial charge in [-0.05, 0) is 35.7 Å². The van der Waals surface area contributed by atoms with E-state index in [0.717, 1.165) is 6.42 Å². The normalized spacial score (nSPS) is 14.1. The van der Waals surface area contributed by atoms with Crippen LogP contribution in [0.25, 0.3) is 0 Å². The van der Waals surface area contributed by atoms with Crippen molar-refractivity contribution < 1.29 is 18.4 Å². The van der Waals surface area contributed by atoms with Gasteiger partial charge >= 0.3 is 7.60 Å². The number of carbonyl (C=O) groups excluding carboxylic acids is 1. The smallest absolute Gasteiger partial charge is 0.414 e. The maximum Gasteiger partial charge on any atom is 0.457 e. The molecular weight excluding hydrogens is 423 g/mol. The van der Waals surface area contributed by atoms with Crippen LogP contribution < -0.4 is 20.1 Å². The summed E-state index contributed by atoms with van der Waals surface area (Å²) >= 11 is 0. The lowest BCUT2D eigenvalue weighted by molar-refractivity contribution is -0.123. The number of carbonyl (C=O) groups is 1. The third-order valence-corrected chi connectivity index (χ3v) is 7.21. The summed E-state index contributed by atoms with van der Waals surface area (Å²) in [4.78, 5) is 13.0.